The fourth-order valence-corrected chi connectivity index (χ4v) is 8.56. The van der Waals surface area contributed by atoms with E-state index in [9.17, 15) is 0 Å². The molecular formula is C49H54N5O7P. The van der Waals surface area contributed by atoms with Crippen LogP contribution in [-0.2, 0) is 19.4 Å². The number of ether oxygens (including phenoxy) is 5. The molecule has 62 heavy (non-hydrogen) atoms. The minimum atomic E-state index is -1.36. The van der Waals surface area contributed by atoms with E-state index in [0.29, 0.717) is 54.2 Å². The van der Waals surface area contributed by atoms with Gasteiger partial charge in [0.25, 0.3) is 8.53 Å². The maximum atomic E-state index is 9.00. The van der Waals surface area contributed by atoms with Gasteiger partial charge in [-0.25, -0.2) is 19.6 Å². The molecule has 0 amide bonds. The molecule has 6 aromatic rings. The van der Waals surface area contributed by atoms with E-state index in [1.807, 2.05) is 115 Å². The van der Waals surface area contributed by atoms with Crippen molar-refractivity contribution in [1.82, 2.24) is 19.6 Å². The van der Waals surface area contributed by atoms with E-state index in [0.717, 1.165) is 28.2 Å². The van der Waals surface area contributed by atoms with E-state index >= 15 is 0 Å². The van der Waals surface area contributed by atoms with Crippen molar-refractivity contribution in [3.05, 3.63) is 150 Å². The van der Waals surface area contributed by atoms with Gasteiger partial charge in [-0.15, -0.1) is 0 Å². The van der Waals surface area contributed by atoms with Crippen LogP contribution in [0, 0.1) is 11.3 Å². The lowest BCUT2D eigenvalue weighted by Gasteiger charge is -2.36. The smallest absolute Gasteiger partial charge is 0.259 e. The van der Waals surface area contributed by atoms with Crippen LogP contribution < -0.4 is 18.9 Å². The Kier molecular flexibility index (Phi) is 16.8. The van der Waals surface area contributed by atoms with Crippen LogP contribution in [0.3, 0.4) is 0 Å². The van der Waals surface area contributed by atoms with Crippen molar-refractivity contribution in [2.45, 2.75) is 51.8 Å². The molecule has 322 valence electrons. The Morgan fingerprint density at radius 3 is 1.47 bits per heavy atom. The van der Waals surface area contributed by atoms with Gasteiger partial charge >= 0.3 is 0 Å². The molecule has 0 fully saturated rings. The molecule has 13 heteroatoms. The zero-order chi connectivity index (χ0) is 43.7. The summed E-state index contributed by atoms with van der Waals surface area (Å²) in [7, 11) is 1.95. The molecule has 3 aromatic carbocycles. The van der Waals surface area contributed by atoms with Gasteiger partial charge in [0.05, 0.1) is 69.3 Å². The summed E-state index contributed by atoms with van der Waals surface area (Å²) in [6, 6.07) is 45.5. The summed E-state index contributed by atoms with van der Waals surface area (Å²) in [5, 5.41) is 9.00. The third-order valence-corrected chi connectivity index (χ3v) is 11.9. The van der Waals surface area contributed by atoms with Crippen LogP contribution in [0.1, 0.15) is 50.8 Å². The van der Waals surface area contributed by atoms with Crippen LogP contribution >= 0.6 is 8.53 Å². The second kappa shape index (κ2) is 22.8. The highest BCUT2D eigenvalue weighted by molar-refractivity contribution is 7.44. The highest BCUT2D eigenvalue weighted by Gasteiger charge is 2.38. The molecule has 1 atom stereocenters. The van der Waals surface area contributed by atoms with Crippen LogP contribution in [0.5, 0.6) is 23.3 Å². The molecule has 6 rings (SSSR count). The van der Waals surface area contributed by atoms with Crippen molar-refractivity contribution < 1.29 is 32.7 Å². The van der Waals surface area contributed by atoms with Crippen molar-refractivity contribution >= 4 is 8.53 Å². The quantitative estimate of drug-likeness (QED) is 0.0345. The maximum Gasteiger partial charge on any atom is 0.259 e. The average Bonchev–Trinajstić information content (AvgIpc) is 3.31. The van der Waals surface area contributed by atoms with E-state index in [1.54, 1.807) is 20.3 Å². The number of aromatic nitrogens is 3. The Hall–Kier alpha value is -5.93. The molecule has 3 aromatic heterocycles. The van der Waals surface area contributed by atoms with Crippen LogP contribution in [0.2, 0.25) is 0 Å². The third kappa shape index (κ3) is 11.7. The summed E-state index contributed by atoms with van der Waals surface area (Å²) in [6.07, 6.45) is 0.300. The van der Waals surface area contributed by atoms with Gasteiger partial charge in [0.1, 0.15) is 30.3 Å². The standard InChI is InChI=1S/C49H54N5O7P/c1-36(2)54(37(3)4)62(60-31-13-30-50)61-35-33-58-48-21-12-19-46(53-48)44-17-10-16-43(51-44)45-18-11-20-47(52-45)57-32-34-59-49(38-14-8-7-9-15-38,39-22-26-41(55-5)27-23-39)40-24-28-42(56-6)29-25-40/h7-12,14-29,36-37H,13,31-35H2,1-6H3. The van der Waals surface area contributed by atoms with Gasteiger partial charge in [-0.3, -0.25) is 0 Å². The fraction of sp³-hybridized carbons (Fsp3) is 0.306. The molecule has 0 aliphatic carbocycles. The van der Waals surface area contributed by atoms with Crippen molar-refractivity contribution in [2.75, 3.05) is 47.3 Å². The number of hydrogen-bond acceptors (Lipinski definition) is 12. The number of nitrogens with zero attached hydrogens (tertiary/aromatic N) is 5. The minimum Gasteiger partial charge on any atom is -0.497 e. The number of hydrogen-bond donors (Lipinski definition) is 0. The molecule has 0 N–H and O–H groups in total. The predicted octanol–water partition coefficient (Wildman–Crippen LogP) is 10.3. The number of rotatable bonds is 23. The van der Waals surface area contributed by atoms with E-state index in [2.05, 4.69) is 50.6 Å². The first-order valence-electron chi connectivity index (χ1n) is 20.6. The van der Waals surface area contributed by atoms with Gasteiger partial charge in [0.15, 0.2) is 0 Å². The molecule has 1 unspecified atom stereocenters. The van der Waals surface area contributed by atoms with Gasteiger partial charge in [-0.1, -0.05) is 72.8 Å². The molecule has 3 heterocycles. The molecule has 0 bridgehead atoms. The number of nitriles is 1. The minimum absolute atomic E-state index is 0.208. The third-order valence-electron chi connectivity index (χ3n) is 9.74. The number of pyridine rings is 3. The van der Waals surface area contributed by atoms with Crippen molar-refractivity contribution in [3.63, 3.8) is 0 Å². The Morgan fingerprint density at radius 2 is 0.984 bits per heavy atom. The van der Waals surface area contributed by atoms with Crippen LogP contribution in [0.15, 0.2) is 133 Å². The van der Waals surface area contributed by atoms with Gasteiger partial charge in [0.2, 0.25) is 11.8 Å². The average molecular weight is 856 g/mol. The summed E-state index contributed by atoms with van der Waals surface area (Å²) in [6.45, 7) is 9.76. The lowest BCUT2D eigenvalue weighted by Crippen LogP contribution is -2.34. The summed E-state index contributed by atoms with van der Waals surface area (Å²) >= 11 is 0. The molecular weight excluding hydrogens is 802 g/mol. The van der Waals surface area contributed by atoms with Crippen molar-refractivity contribution in [1.29, 1.82) is 5.26 Å². The second-order valence-corrected chi connectivity index (χ2v) is 16.0. The monoisotopic (exact) mass is 855 g/mol. The highest BCUT2D eigenvalue weighted by Crippen LogP contribution is 2.46. The Morgan fingerprint density at radius 1 is 0.532 bits per heavy atom. The van der Waals surface area contributed by atoms with E-state index < -0.39 is 14.1 Å². The first kappa shape index (κ1) is 45.6. The second-order valence-electron chi connectivity index (χ2n) is 14.6. The fourth-order valence-electron chi connectivity index (χ4n) is 6.99. The zero-order valence-electron chi connectivity index (χ0n) is 36.1. The summed E-state index contributed by atoms with van der Waals surface area (Å²) in [5.74, 6) is 2.39. The van der Waals surface area contributed by atoms with Crippen molar-refractivity contribution in [2.24, 2.45) is 0 Å². The van der Waals surface area contributed by atoms with Crippen LogP contribution in [0.25, 0.3) is 22.8 Å². The lowest BCUT2D eigenvalue weighted by molar-refractivity contribution is -0.00301. The Labute approximate surface area is 366 Å². The largest absolute Gasteiger partial charge is 0.497 e. The topological polar surface area (TPSA) is 130 Å². The summed E-state index contributed by atoms with van der Waals surface area (Å²) in [4.78, 5) is 14.5. The Balaban J connectivity index is 1.12. The predicted molar refractivity (Wildman–Crippen MR) is 241 cm³/mol. The van der Waals surface area contributed by atoms with Crippen LogP contribution in [-0.4, -0.2) is 79.0 Å². The van der Waals surface area contributed by atoms with E-state index in [-0.39, 0.29) is 31.9 Å². The highest BCUT2D eigenvalue weighted by atomic mass is 31.2. The first-order valence-corrected chi connectivity index (χ1v) is 21.8. The zero-order valence-corrected chi connectivity index (χ0v) is 37.0. The molecule has 0 spiro atoms. The van der Waals surface area contributed by atoms with E-state index in [1.165, 1.54) is 0 Å². The number of methoxy groups -OCH3 is 2. The molecule has 0 radical (unpaired) electrons. The van der Waals surface area contributed by atoms with Gasteiger partial charge in [-0.05, 0) is 92.9 Å². The van der Waals surface area contributed by atoms with Crippen LogP contribution in [0.4, 0.5) is 0 Å². The molecule has 0 saturated carbocycles. The Bertz CT molecular complexity index is 2270. The normalized spacial score (nSPS) is 12.0. The van der Waals surface area contributed by atoms with Crippen molar-refractivity contribution in [3.8, 4) is 52.1 Å². The van der Waals surface area contributed by atoms with Gasteiger partial charge in [0, 0.05) is 24.2 Å². The summed E-state index contributed by atoms with van der Waals surface area (Å²) in [5.41, 5.74) is 4.50. The maximum absolute atomic E-state index is 9.00. The van der Waals surface area contributed by atoms with Gasteiger partial charge < -0.3 is 32.7 Å². The molecule has 12 nitrogen and oxygen atoms in total. The lowest BCUT2D eigenvalue weighted by atomic mass is 9.80. The van der Waals surface area contributed by atoms with E-state index in [4.69, 9.17) is 52.9 Å². The molecule has 0 aliphatic rings. The molecule has 0 saturated heterocycles. The first-order chi connectivity index (χ1) is 30.2. The molecule has 0 aliphatic heterocycles. The number of benzene rings is 3. The summed E-state index contributed by atoms with van der Waals surface area (Å²) < 4.78 is 44.5. The van der Waals surface area contributed by atoms with Gasteiger partial charge in [-0.2, -0.15) is 5.26 Å². The SMILES string of the molecule is COc1ccc(C(OCCOc2cccc(-c3cccc(-c4cccc(OCCOP(OCCC#N)N(C(C)C)C(C)C)n4)n3)n2)(c2ccccc2)c2ccc(OC)cc2)cc1.